The molecular formula is C18H35NO. The maximum Gasteiger partial charge on any atom is 0.0685 e. The molecule has 20 heavy (non-hydrogen) atoms. The molecule has 0 aromatic rings. The smallest absolute Gasteiger partial charge is 0.0685 e. The third-order valence-corrected chi connectivity index (χ3v) is 4.00. The number of rotatable bonds is 13. The zero-order valence-electron chi connectivity index (χ0n) is 13.6. The molecule has 1 fully saturated rings. The fourth-order valence-electron chi connectivity index (χ4n) is 2.64. The molecule has 0 N–H and O–H groups in total. The second-order valence-electron chi connectivity index (χ2n) is 5.99. The summed E-state index contributed by atoms with van der Waals surface area (Å²) in [6, 6.07) is 0. The summed E-state index contributed by atoms with van der Waals surface area (Å²) in [6.45, 7) is 5.47. The van der Waals surface area contributed by atoms with Crippen molar-refractivity contribution in [2.75, 3.05) is 19.7 Å². The van der Waals surface area contributed by atoms with Gasteiger partial charge in [-0.25, -0.2) is 0 Å². The van der Waals surface area contributed by atoms with Crippen molar-refractivity contribution in [2.45, 2.75) is 84.0 Å². The van der Waals surface area contributed by atoms with E-state index in [1.165, 1.54) is 77.0 Å². The molecule has 118 valence electrons. The molecule has 0 atom stereocenters. The molecule has 1 aliphatic heterocycles. The third-order valence-electron chi connectivity index (χ3n) is 4.00. The first-order chi connectivity index (χ1) is 9.93. The molecule has 1 heterocycles. The van der Waals surface area contributed by atoms with Crippen LogP contribution in [0.25, 0.3) is 0 Å². The van der Waals surface area contributed by atoms with Gasteiger partial charge in [-0.05, 0) is 38.5 Å². The van der Waals surface area contributed by atoms with Gasteiger partial charge in [0.05, 0.1) is 6.61 Å². The van der Waals surface area contributed by atoms with Crippen LogP contribution in [0.5, 0.6) is 0 Å². The van der Waals surface area contributed by atoms with Gasteiger partial charge in [-0.3, -0.25) is 4.84 Å². The Kier molecular flexibility index (Phi) is 12.1. The molecule has 2 heteroatoms. The highest BCUT2D eigenvalue weighted by Gasteiger charge is 2.10. The van der Waals surface area contributed by atoms with E-state index in [-0.39, 0.29) is 0 Å². The van der Waals surface area contributed by atoms with Crippen molar-refractivity contribution >= 4 is 0 Å². The van der Waals surface area contributed by atoms with Gasteiger partial charge in [0.1, 0.15) is 0 Å². The van der Waals surface area contributed by atoms with Crippen LogP contribution >= 0.6 is 0 Å². The van der Waals surface area contributed by atoms with Crippen LogP contribution in [-0.2, 0) is 4.84 Å². The molecular weight excluding hydrogens is 246 g/mol. The summed E-state index contributed by atoms with van der Waals surface area (Å²) in [5.74, 6) is 0. The van der Waals surface area contributed by atoms with Gasteiger partial charge in [0.25, 0.3) is 0 Å². The summed E-state index contributed by atoms with van der Waals surface area (Å²) in [5, 5.41) is 2.14. The Hall–Kier alpha value is -0.340. The zero-order valence-corrected chi connectivity index (χ0v) is 13.6. The lowest BCUT2D eigenvalue weighted by atomic mass is 10.1. The van der Waals surface area contributed by atoms with E-state index < -0.39 is 0 Å². The number of hydrogen-bond donors (Lipinski definition) is 0. The first kappa shape index (κ1) is 17.7. The van der Waals surface area contributed by atoms with E-state index in [4.69, 9.17) is 4.84 Å². The lowest BCUT2D eigenvalue weighted by Gasteiger charge is -2.14. The van der Waals surface area contributed by atoms with E-state index in [1.807, 2.05) is 0 Å². The van der Waals surface area contributed by atoms with Crippen LogP contribution < -0.4 is 0 Å². The van der Waals surface area contributed by atoms with Crippen LogP contribution in [0.2, 0.25) is 0 Å². The Morgan fingerprint density at radius 2 is 1.40 bits per heavy atom. The van der Waals surface area contributed by atoms with Crippen LogP contribution in [0.15, 0.2) is 12.2 Å². The number of nitrogens with zero attached hydrogens (tertiary/aromatic N) is 1. The van der Waals surface area contributed by atoms with Crippen molar-refractivity contribution < 1.29 is 4.84 Å². The summed E-state index contributed by atoms with van der Waals surface area (Å²) >= 11 is 0. The van der Waals surface area contributed by atoms with Crippen molar-refractivity contribution in [1.82, 2.24) is 5.06 Å². The molecule has 1 aliphatic rings. The quantitative estimate of drug-likeness (QED) is 0.327. The summed E-state index contributed by atoms with van der Waals surface area (Å²) in [5.41, 5.74) is 0. The SMILES string of the molecule is CCCC/C=C\CCCCCCCCON1CCCC1. The number of hydroxylamine groups is 2. The van der Waals surface area contributed by atoms with Gasteiger partial charge in [0.15, 0.2) is 0 Å². The van der Waals surface area contributed by atoms with Gasteiger partial charge in [0, 0.05) is 13.1 Å². The fourth-order valence-corrected chi connectivity index (χ4v) is 2.64. The normalized spacial score (nSPS) is 16.4. The molecule has 0 aromatic heterocycles. The summed E-state index contributed by atoms with van der Waals surface area (Å²) in [7, 11) is 0. The second-order valence-corrected chi connectivity index (χ2v) is 5.99. The first-order valence-corrected chi connectivity index (χ1v) is 8.96. The van der Waals surface area contributed by atoms with E-state index in [1.54, 1.807) is 0 Å². The van der Waals surface area contributed by atoms with Crippen molar-refractivity contribution in [3.8, 4) is 0 Å². The van der Waals surface area contributed by atoms with E-state index in [2.05, 4.69) is 24.1 Å². The molecule has 0 amide bonds. The topological polar surface area (TPSA) is 12.5 Å². The molecule has 2 nitrogen and oxygen atoms in total. The largest absolute Gasteiger partial charge is 0.299 e. The zero-order chi connectivity index (χ0) is 14.3. The molecule has 0 bridgehead atoms. The number of unbranched alkanes of at least 4 members (excludes halogenated alkanes) is 8. The highest BCUT2D eigenvalue weighted by molar-refractivity contribution is 4.81. The third kappa shape index (κ3) is 10.4. The van der Waals surface area contributed by atoms with Crippen molar-refractivity contribution in [3.05, 3.63) is 12.2 Å². The Labute approximate surface area is 126 Å². The van der Waals surface area contributed by atoms with Crippen molar-refractivity contribution in [3.63, 3.8) is 0 Å². The molecule has 1 saturated heterocycles. The van der Waals surface area contributed by atoms with Crippen LogP contribution in [0.1, 0.15) is 84.0 Å². The predicted molar refractivity (Wildman–Crippen MR) is 87.7 cm³/mol. The van der Waals surface area contributed by atoms with Gasteiger partial charge in [-0.1, -0.05) is 57.6 Å². The van der Waals surface area contributed by atoms with Gasteiger partial charge < -0.3 is 0 Å². The minimum atomic E-state index is 0.931. The lowest BCUT2D eigenvalue weighted by molar-refractivity contribution is -0.143. The molecule has 0 aromatic carbocycles. The highest BCUT2D eigenvalue weighted by Crippen LogP contribution is 2.10. The van der Waals surface area contributed by atoms with Crippen LogP contribution in [0, 0.1) is 0 Å². The summed E-state index contributed by atoms with van der Waals surface area (Å²) in [4.78, 5) is 5.72. The Morgan fingerprint density at radius 3 is 2.10 bits per heavy atom. The van der Waals surface area contributed by atoms with Gasteiger partial charge in [-0.2, -0.15) is 5.06 Å². The van der Waals surface area contributed by atoms with Crippen LogP contribution in [-0.4, -0.2) is 24.8 Å². The molecule has 0 radical (unpaired) electrons. The number of allylic oxidation sites excluding steroid dienone is 2. The second kappa shape index (κ2) is 13.6. The molecule has 0 unspecified atom stereocenters. The first-order valence-electron chi connectivity index (χ1n) is 8.96. The summed E-state index contributed by atoms with van der Waals surface area (Å²) < 4.78 is 0. The average Bonchev–Trinajstić information content (AvgIpc) is 2.97. The molecule has 0 spiro atoms. The Bertz CT molecular complexity index is 221. The minimum absolute atomic E-state index is 0.931. The van der Waals surface area contributed by atoms with Gasteiger partial charge in [0.2, 0.25) is 0 Å². The van der Waals surface area contributed by atoms with Crippen molar-refractivity contribution in [1.29, 1.82) is 0 Å². The Balaban J connectivity index is 1.71. The summed E-state index contributed by atoms with van der Waals surface area (Å²) in [6.07, 6.45) is 20.7. The van der Waals surface area contributed by atoms with Gasteiger partial charge in [-0.15, -0.1) is 0 Å². The monoisotopic (exact) mass is 281 g/mol. The van der Waals surface area contributed by atoms with Crippen molar-refractivity contribution in [2.24, 2.45) is 0 Å². The fraction of sp³-hybridized carbons (Fsp3) is 0.889. The van der Waals surface area contributed by atoms with E-state index in [0.29, 0.717) is 0 Å². The average molecular weight is 281 g/mol. The predicted octanol–water partition coefficient (Wildman–Crippen LogP) is 5.49. The maximum absolute atomic E-state index is 5.72. The number of hydrogen-bond acceptors (Lipinski definition) is 2. The maximum atomic E-state index is 5.72. The van der Waals surface area contributed by atoms with E-state index >= 15 is 0 Å². The van der Waals surface area contributed by atoms with E-state index in [0.717, 1.165) is 19.7 Å². The van der Waals surface area contributed by atoms with Crippen LogP contribution in [0.4, 0.5) is 0 Å². The molecule has 0 saturated carbocycles. The minimum Gasteiger partial charge on any atom is -0.299 e. The lowest BCUT2D eigenvalue weighted by Crippen LogP contribution is -2.20. The Morgan fingerprint density at radius 1 is 0.800 bits per heavy atom. The molecule has 0 aliphatic carbocycles. The standard InChI is InChI=1S/C18H35NO/c1-2-3-4-5-6-7-8-9-10-11-12-15-18-20-19-16-13-14-17-19/h5-6H,2-4,7-18H2,1H3/b6-5-. The van der Waals surface area contributed by atoms with E-state index in [9.17, 15) is 0 Å². The van der Waals surface area contributed by atoms with Gasteiger partial charge >= 0.3 is 0 Å². The highest BCUT2D eigenvalue weighted by atomic mass is 16.7. The van der Waals surface area contributed by atoms with Crippen LogP contribution in [0.3, 0.4) is 0 Å². The molecule has 1 rings (SSSR count).